The standard InChI is InChI=1S/C20H26FN7O3S2/c1-20(29)6-3-4-16(20)26-17-13(18-24-12(8-22)11-32-18)9-23-19(27-17)25-15-5-7-28(10-14(15)21)33(2,30)31/h9,11,14-16,29H,3-7,10H2,1-2H3,(H2,23,25,26,27)/t14-,15-,16-,20-/m1/s1. The third kappa shape index (κ3) is 5.24. The van der Waals surface area contributed by atoms with E-state index in [0.29, 0.717) is 22.8 Å². The number of aromatic nitrogens is 3. The summed E-state index contributed by atoms with van der Waals surface area (Å²) in [6.45, 7) is 1.76. The SMILES string of the molecule is C[C@@]1(O)CCC[C@H]1Nc1nc(N[C@@H]2CCN(S(C)(=O)=O)C[C@H]2F)ncc1-c1nc(C#N)cs1. The fraction of sp³-hybridized carbons (Fsp3) is 0.600. The zero-order valence-electron chi connectivity index (χ0n) is 18.3. The number of nitrogens with zero attached hydrogens (tertiary/aromatic N) is 5. The number of nitriles is 1. The molecule has 2 aliphatic rings. The molecular weight excluding hydrogens is 469 g/mol. The first-order valence-electron chi connectivity index (χ1n) is 10.6. The molecule has 1 saturated heterocycles. The average molecular weight is 496 g/mol. The van der Waals surface area contributed by atoms with Crippen molar-refractivity contribution < 1.29 is 17.9 Å². The number of nitrogens with one attached hydrogen (secondary N) is 2. The molecule has 0 radical (unpaired) electrons. The van der Waals surface area contributed by atoms with E-state index >= 15 is 0 Å². The summed E-state index contributed by atoms with van der Waals surface area (Å²) in [7, 11) is -3.45. The van der Waals surface area contributed by atoms with Crippen LogP contribution in [0.1, 0.15) is 38.3 Å². The minimum absolute atomic E-state index is 0.191. The molecular formula is C20H26FN7O3S2. The Hall–Kier alpha value is -2.40. The van der Waals surface area contributed by atoms with Crippen LogP contribution in [-0.4, -0.2) is 76.0 Å². The highest BCUT2D eigenvalue weighted by Gasteiger charge is 2.38. The summed E-state index contributed by atoms with van der Waals surface area (Å²) in [5.74, 6) is 0.624. The van der Waals surface area contributed by atoms with Crippen molar-refractivity contribution in [1.82, 2.24) is 19.3 Å². The molecule has 1 aliphatic heterocycles. The Morgan fingerprint density at radius 3 is 2.76 bits per heavy atom. The minimum atomic E-state index is -3.45. The van der Waals surface area contributed by atoms with E-state index in [-0.39, 0.29) is 37.2 Å². The minimum Gasteiger partial charge on any atom is -0.388 e. The van der Waals surface area contributed by atoms with Gasteiger partial charge in [-0.3, -0.25) is 0 Å². The van der Waals surface area contributed by atoms with E-state index in [1.54, 1.807) is 18.5 Å². The lowest BCUT2D eigenvalue weighted by Crippen LogP contribution is -2.49. The normalized spacial score (nSPS) is 28.4. The Morgan fingerprint density at radius 2 is 2.15 bits per heavy atom. The fourth-order valence-corrected chi connectivity index (χ4v) is 5.82. The van der Waals surface area contributed by atoms with Crippen LogP contribution >= 0.6 is 11.3 Å². The summed E-state index contributed by atoms with van der Waals surface area (Å²) < 4.78 is 39.3. The van der Waals surface area contributed by atoms with Gasteiger partial charge in [-0.1, -0.05) is 0 Å². The van der Waals surface area contributed by atoms with Crippen molar-refractivity contribution in [3.8, 4) is 16.6 Å². The summed E-state index contributed by atoms with van der Waals surface area (Å²) in [5, 5.41) is 28.3. The number of hydrogen-bond donors (Lipinski definition) is 3. The van der Waals surface area contributed by atoms with Crippen molar-refractivity contribution in [2.75, 3.05) is 30.0 Å². The van der Waals surface area contributed by atoms with Gasteiger partial charge < -0.3 is 15.7 Å². The van der Waals surface area contributed by atoms with Gasteiger partial charge in [0.25, 0.3) is 0 Å². The molecule has 3 heterocycles. The van der Waals surface area contributed by atoms with Crippen molar-refractivity contribution in [2.45, 2.75) is 56.5 Å². The molecule has 4 atom stereocenters. The van der Waals surface area contributed by atoms with E-state index in [1.807, 2.05) is 6.07 Å². The van der Waals surface area contributed by atoms with Crippen LogP contribution in [0.4, 0.5) is 16.2 Å². The molecule has 1 aliphatic carbocycles. The van der Waals surface area contributed by atoms with Crippen molar-refractivity contribution in [1.29, 1.82) is 5.26 Å². The summed E-state index contributed by atoms with van der Waals surface area (Å²) in [6.07, 6.45) is 3.78. The molecule has 178 valence electrons. The number of alkyl halides is 1. The number of hydrogen-bond acceptors (Lipinski definition) is 10. The predicted octanol–water partition coefficient (Wildman–Crippen LogP) is 1.97. The number of piperidine rings is 1. The first-order chi connectivity index (χ1) is 15.6. The molecule has 1 saturated carbocycles. The third-order valence-electron chi connectivity index (χ3n) is 6.16. The van der Waals surface area contributed by atoms with Crippen LogP contribution in [0.25, 0.3) is 10.6 Å². The number of sulfonamides is 1. The van der Waals surface area contributed by atoms with Gasteiger partial charge >= 0.3 is 0 Å². The molecule has 3 N–H and O–H groups in total. The van der Waals surface area contributed by atoms with Gasteiger partial charge in [-0.2, -0.15) is 14.6 Å². The molecule has 0 spiro atoms. The Kier molecular flexibility index (Phi) is 6.54. The molecule has 2 fully saturated rings. The van der Waals surface area contributed by atoms with E-state index < -0.39 is 27.8 Å². The number of thiazole rings is 1. The zero-order chi connectivity index (χ0) is 23.8. The quantitative estimate of drug-likeness (QED) is 0.548. The molecule has 0 unspecified atom stereocenters. The van der Waals surface area contributed by atoms with Crippen molar-refractivity contribution in [3.63, 3.8) is 0 Å². The second kappa shape index (κ2) is 9.09. The fourth-order valence-electron chi connectivity index (χ4n) is 4.22. The highest BCUT2D eigenvalue weighted by atomic mass is 32.2. The Bertz CT molecular complexity index is 1160. The maximum absolute atomic E-state index is 14.7. The van der Waals surface area contributed by atoms with Gasteiger partial charge in [0, 0.05) is 24.7 Å². The van der Waals surface area contributed by atoms with Gasteiger partial charge in [-0.25, -0.2) is 22.8 Å². The van der Waals surface area contributed by atoms with Gasteiger partial charge in [0.15, 0.2) is 5.69 Å². The lowest BCUT2D eigenvalue weighted by molar-refractivity contribution is 0.0577. The van der Waals surface area contributed by atoms with Gasteiger partial charge in [-0.15, -0.1) is 11.3 Å². The number of aliphatic hydroxyl groups is 1. The van der Waals surface area contributed by atoms with Crippen LogP contribution in [0, 0.1) is 11.3 Å². The Morgan fingerprint density at radius 1 is 1.36 bits per heavy atom. The van der Waals surface area contributed by atoms with Crippen LogP contribution in [0.5, 0.6) is 0 Å². The zero-order valence-corrected chi connectivity index (χ0v) is 20.0. The smallest absolute Gasteiger partial charge is 0.224 e. The van der Waals surface area contributed by atoms with Gasteiger partial charge in [0.05, 0.1) is 29.5 Å². The summed E-state index contributed by atoms with van der Waals surface area (Å²) >= 11 is 1.28. The molecule has 0 amide bonds. The second-order valence-corrected chi connectivity index (χ2v) is 11.6. The van der Waals surface area contributed by atoms with E-state index in [0.717, 1.165) is 23.4 Å². The van der Waals surface area contributed by atoms with Crippen molar-refractivity contribution >= 4 is 33.1 Å². The first-order valence-corrected chi connectivity index (χ1v) is 13.4. The summed E-state index contributed by atoms with van der Waals surface area (Å²) in [6, 6.07) is 1.13. The Balaban J connectivity index is 1.59. The third-order valence-corrected chi connectivity index (χ3v) is 8.31. The number of rotatable bonds is 6. The maximum Gasteiger partial charge on any atom is 0.224 e. The molecule has 2 aromatic heterocycles. The van der Waals surface area contributed by atoms with E-state index in [9.17, 15) is 17.9 Å². The lowest BCUT2D eigenvalue weighted by Gasteiger charge is -2.33. The topological polar surface area (TPSA) is 144 Å². The first kappa shape index (κ1) is 23.7. The molecule has 33 heavy (non-hydrogen) atoms. The van der Waals surface area contributed by atoms with Crippen molar-refractivity contribution in [2.24, 2.45) is 0 Å². The predicted molar refractivity (Wildman–Crippen MR) is 123 cm³/mol. The van der Waals surface area contributed by atoms with Crippen LogP contribution < -0.4 is 10.6 Å². The lowest BCUT2D eigenvalue weighted by atomic mass is 10.0. The average Bonchev–Trinajstić information content (AvgIpc) is 3.35. The van der Waals surface area contributed by atoms with Crippen molar-refractivity contribution in [3.05, 3.63) is 17.3 Å². The number of halogens is 1. The van der Waals surface area contributed by atoms with Crippen LogP contribution in [0.15, 0.2) is 11.6 Å². The Labute approximate surface area is 195 Å². The number of anilines is 2. The summed E-state index contributed by atoms with van der Waals surface area (Å²) in [4.78, 5) is 13.2. The van der Waals surface area contributed by atoms with E-state index in [4.69, 9.17) is 5.26 Å². The second-order valence-electron chi connectivity index (χ2n) is 8.73. The highest BCUT2D eigenvalue weighted by molar-refractivity contribution is 7.88. The molecule has 10 nitrogen and oxygen atoms in total. The van der Waals surface area contributed by atoms with Crippen LogP contribution in [0.2, 0.25) is 0 Å². The largest absolute Gasteiger partial charge is 0.388 e. The molecule has 2 aromatic rings. The molecule has 0 aromatic carbocycles. The van der Waals surface area contributed by atoms with E-state index in [2.05, 4.69) is 25.6 Å². The molecule has 13 heteroatoms. The van der Waals surface area contributed by atoms with Gasteiger partial charge in [0.2, 0.25) is 16.0 Å². The van der Waals surface area contributed by atoms with Gasteiger partial charge in [-0.05, 0) is 32.6 Å². The highest BCUT2D eigenvalue weighted by Crippen LogP contribution is 2.35. The van der Waals surface area contributed by atoms with E-state index in [1.165, 1.54) is 11.3 Å². The maximum atomic E-state index is 14.7. The summed E-state index contributed by atoms with van der Waals surface area (Å²) in [5.41, 5.74) is -0.0358. The van der Waals surface area contributed by atoms with Crippen LogP contribution in [0.3, 0.4) is 0 Å². The van der Waals surface area contributed by atoms with Gasteiger partial charge in [0.1, 0.15) is 23.1 Å². The molecule has 4 rings (SSSR count). The monoisotopic (exact) mass is 495 g/mol. The van der Waals surface area contributed by atoms with Crippen LogP contribution in [-0.2, 0) is 10.0 Å². The molecule has 0 bridgehead atoms.